The number of Topliss-reactive ketones (excluding diaryl/α,β-unsaturated/α-hetero) is 1. The van der Waals surface area contributed by atoms with Crippen LogP contribution in [0.4, 0.5) is 0 Å². The van der Waals surface area contributed by atoms with Gasteiger partial charge in [0.1, 0.15) is 5.78 Å². The van der Waals surface area contributed by atoms with Crippen molar-refractivity contribution in [2.24, 2.45) is 40.9 Å². The highest BCUT2D eigenvalue weighted by Gasteiger charge is 2.56. The molecule has 7 atom stereocenters. The Morgan fingerprint density at radius 1 is 0.950 bits per heavy atom. The van der Waals surface area contributed by atoms with Crippen molar-refractivity contribution in [3.63, 3.8) is 0 Å². The quantitative estimate of drug-likeness (QED) is 0.617. The van der Waals surface area contributed by atoms with Gasteiger partial charge in [-0.25, -0.2) is 0 Å². The molecule has 0 spiro atoms. The van der Waals surface area contributed by atoms with Gasteiger partial charge in [-0.2, -0.15) is 0 Å². The number of hydrogen-bond donors (Lipinski definition) is 0. The zero-order valence-electron chi connectivity index (χ0n) is 13.2. The molecule has 0 radical (unpaired) electrons. The highest BCUT2D eigenvalue weighted by molar-refractivity contribution is 5.87. The van der Waals surface area contributed by atoms with Gasteiger partial charge in [0.2, 0.25) is 0 Å². The molecule has 0 aromatic carbocycles. The highest BCUT2D eigenvalue weighted by Crippen LogP contribution is 2.61. The Kier molecular flexibility index (Phi) is 3.06. The van der Waals surface area contributed by atoms with Crippen LogP contribution in [0.15, 0.2) is 0 Å². The largest absolute Gasteiger partial charge is 0.299 e. The Bertz CT molecular complexity index is 414. The molecule has 0 amide bonds. The van der Waals surface area contributed by atoms with E-state index in [1.54, 1.807) is 0 Å². The summed E-state index contributed by atoms with van der Waals surface area (Å²) in [5.74, 6) is 6.23. The Hall–Kier alpha value is -0.330. The third-order valence-electron chi connectivity index (χ3n) is 7.93. The minimum Gasteiger partial charge on any atom is -0.299 e. The van der Waals surface area contributed by atoms with Crippen LogP contribution in [0.2, 0.25) is 0 Å². The second-order valence-corrected chi connectivity index (χ2v) is 8.77. The molecule has 0 aromatic rings. The van der Waals surface area contributed by atoms with E-state index in [4.69, 9.17) is 0 Å². The molecule has 0 aromatic heterocycles. The van der Waals surface area contributed by atoms with Crippen molar-refractivity contribution < 1.29 is 4.79 Å². The first-order valence-corrected chi connectivity index (χ1v) is 9.13. The standard InChI is InChI=1S/C19H30O/c1-12-3-5-14-13(11-12)4-6-16-15(14)9-10-19(2)17(16)7-8-18(19)20/h12-17H,3-11H2,1-2H3. The second kappa shape index (κ2) is 4.58. The molecule has 0 saturated heterocycles. The lowest BCUT2D eigenvalue weighted by atomic mass is 9.50. The molecule has 0 bridgehead atoms. The van der Waals surface area contributed by atoms with Crippen LogP contribution in [0.3, 0.4) is 0 Å². The maximum absolute atomic E-state index is 12.3. The predicted octanol–water partition coefficient (Wildman–Crippen LogP) is 4.84. The molecule has 0 aliphatic heterocycles. The van der Waals surface area contributed by atoms with Gasteiger partial charge < -0.3 is 0 Å². The lowest BCUT2D eigenvalue weighted by molar-refractivity contribution is -0.133. The first-order valence-electron chi connectivity index (χ1n) is 9.13. The molecule has 4 rings (SSSR count). The summed E-state index contributed by atoms with van der Waals surface area (Å²) in [6.07, 6.45) is 12.0. The molecule has 20 heavy (non-hydrogen) atoms. The lowest BCUT2D eigenvalue weighted by Crippen LogP contribution is -2.48. The molecule has 112 valence electrons. The maximum atomic E-state index is 12.3. The van der Waals surface area contributed by atoms with E-state index in [0.29, 0.717) is 5.78 Å². The summed E-state index contributed by atoms with van der Waals surface area (Å²) < 4.78 is 0. The second-order valence-electron chi connectivity index (χ2n) is 8.77. The van der Waals surface area contributed by atoms with Gasteiger partial charge in [-0.3, -0.25) is 4.79 Å². The van der Waals surface area contributed by atoms with Crippen molar-refractivity contribution in [3.8, 4) is 0 Å². The highest BCUT2D eigenvalue weighted by atomic mass is 16.1. The Labute approximate surface area is 123 Å². The van der Waals surface area contributed by atoms with Gasteiger partial charge in [-0.1, -0.05) is 20.3 Å². The van der Waals surface area contributed by atoms with Gasteiger partial charge in [0.25, 0.3) is 0 Å². The molecule has 1 nitrogen and oxygen atoms in total. The van der Waals surface area contributed by atoms with E-state index in [-0.39, 0.29) is 5.41 Å². The lowest BCUT2D eigenvalue weighted by Gasteiger charge is -2.54. The van der Waals surface area contributed by atoms with Gasteiger partial charge in [0.15, 0.2) is 0 Å². The van der Waals surface area contributed by atoms with Crippen molar-refractivity contribution >= 4 is 5.78 Å². The summed E-state index contributed by atoms with van der Waals surface area (Å²) >= 11 is 0. The third kappa shape index (κ3) is 1.77. The van der Waals surface area contributed by atoms with E-state index in [2.05, 4.69) is 13.8 Å². The van der Waals surface area contributed by atoms with Crippen molar-refractivity contribution in [2.45, 2.75) is 71.6 Å². The average Bonchev–Trinajstić information content (AvgIpc) is 2.74. The summed E-state index contributed by atoms with van der Waals surface area (Å²) in [5.41, 5.74) is 0.0793. The zero-order chi connectivity index (χ0) is 13.9. The summed E-state index contributed by atoms with van der Waals surface area (Å²) in [7, 11) is 0. The molecule has 4 fully saturated rings. The summed E-state index contributed by atoms with van der Waals surface area (Å²) in [6, 6.07) is 0. The van der Waals surface area contributed by atoms with Crippen LogP contribution in [0, 0.1) is 40.9 Å². The van der Waals surface area contributed by atoms with Crippen molar-refractivity contribution in [2.75, 3.05) is 0 Å². The van der Waals surface area contributed by atoms with Gasteiger partial charge in [-0.15, -0.1) is 0 Å². The molecule has 7 unspecified atom stereocenters. The predicted molar refractivity (Wildman–Crippen MR) is 81.3 cm³/mol. The minimum atomic E-state index is 0.0793. The topological polar surface area (TPSA) is 17.1 Å². The van der Waals surface area contributed by atoms with Gasteiger partial charge in [0.05, 0.1) is 0 Å². The van der Waals surface area contributed by atoms with E-state index in [0.717, 1.165) is 41.9 Å². The van der Waals surface area contributed by atoms with E-state index in [9.17, 15) is 4.79 Å². The Morgan fingerprint density at radius 3 is 2.60 bits per heavy atom. The van der Waals surface area contributed by atoms with Crippen molar-refractivity contribution in [1.29, 1.82) is 0 Å². The Morgan fingerprint density at radius 2 is 1.75 bits per heavy atom. The van der Waals surface area contributed by atoms with Crippen LogP contribution in [0.1, 0.15) is 71.6 Å². The van der Waals surface area contributed by atoms with E-state index < -0.39 is 0 Å². The molecule has 4 saturated carbocycles. The van der Waals surface area contributed by atoms with Gasteiger partial charge >= 0.3 is 0 Å². The van der Waals surface area contributed by atoms with Crippen LogP contribution >= 0.6 is 0 Å². The molecule has 4 aliphatic rings. The fourth-order valence-corrected chi connectivity index (χ4v) is 6.86. The normalized spacial score (nSPS) is 55.0. The van der Waals surface area contributed by atoms with E-state index >= 15 is 0 Å². The number of fused-ring (bicyclic) bond motifs is 5. The van der Waals surface area contributed by atoms with Gasteiger partial charge in [0, 0.05) is 11.8 Å². The number of hydrogen-bond acceptors (Lipinski definition) is 1. The van der Waals surface area contributed by atoms with Crippen molar-refractivity contribution in [3.05, 3.63) is 0 Å². The number of rotatable bonds is 0. The SMILES string of the molecule is CC1CCC2C(CCC3C2CCC2(C)C(=O)CCC32)C1. The summed E-state index contributed by atoms with van der Waals surface area (Å²) in [4.78, 5) is 12.3. The number of ketones is 1. The summed E-state index contributed by atoms with van der Waals surface area (Å²) in [6.45, 7) is 4.76. The molecule has 0 heterocycles. The fourth-order valence-electron chi connectivity index (χ4n) is 6.86. The Balaban J connectivity index is 1.58. The molecular weight excluding hydrogens is 244 g/mol. The fraction of sp³-hybridized carbons (Fsp3) is 0.947. The van der Waals surface area contributed by atoms with Crippen LogP contribution in [0.5, 0.6) is 0 Å². The molecular formula is C19H30O. The van der Waals surface area contributed by atoms with E-state index in [1.165, 1.54) is 51.4 Å². The number of carbonyl (C=O) groups excluding carboxylic acids is 1. The molecule has 1 heteroatoms. The zero-order valence-corrected chi connectivity index (χ0v) is 13.2. The first kappa shape index (κ1) is 13.3. The summed E-state index contributed by atoms with van der Waals surface area (Å²) in [5, 5.41) is 0. The monoisotopic (exact) mass is 274 g/mol. The minimum absolute atomic E-state index is 0.0793. The maximum Gasteiger partial charge on any atom is 0.139 e. The van der Waals surface area contributed by atoms with Crippen LogP contribution < -0.4 is 0 Å². The van der Waals surface area contributed by atoms with Crippen LogP contribution in [-0.4, -0.2) is 5.78 Å². The smallest absolute Gasteiger partial charge is 0.139 e. The van der Waals surface area contributed by atoms with Crippen LogP contribution in [0.25, 0.3) is 0 Å². The molecule has 0 N–H and O–H groups in total. The van der Waals surface area contributed by atoms with E-state index in [1.807, 2.05) is 0 Å². The number of carbonyl (C=O) groups is 1. The third-order valence-corrected chi connectivity index (χ3v) is 7.93. The van der Waals surface area contributed by atoms with Crippen LogP contribution in [-0.2, 0) is 4.79 Å². The first-order chi connectivity index (χ1) is 9.59. The van der Waals surface area contributed by atoms with Gasteiger partial charge in [-0.05, 0) is 80.5 Å². The molecule has 4 aliphatic carbocycles. The van der Waals surface area contributed by atoms with Crippen molar-refractivity contribution in [1.82, 2.24) is 0 Å². The average molecular weight is 274 g/mol.